The van der Waals surface area contributed by atoms with Gasteiger partial charge in [0.25, 0.3) is 0 Å². The predicted molar refractivity (Wildman–Crippen MR) is 85.3 cm³/mol. The van der Waals surface area contributed by atoms with Crippen molar-refractivity contribution in [1.29, 1.82) is 0 Å². The topological polar surface area (TPSA) is 15.3 Å². The van der Waals surface area contributed by atoms with E-state index < -0.39 is 0 Å². The highest BCUT2D eigenvalue weighted by molar-refractivity contribution is 9.10. The van der Waals surface area contributed by atoms with Crippen LogP contribution in [0.2, 0.25) is 0 Å². The van der Waals surface area contributed by atoms with Crippen LogP contribution < -0.4 is 5.32 Å². The van der Waals surface area contributed by atoms with E-state index in [9.17, 15) is 4.39 Å². The van der Waals surface area contributed by atoms with E-state index in [-0.39, 0.29) is 5.82 Å². The van der Waals surface area contributed by atoms with Crippen LogP contribution in [0, 0.1) is 5.82 Å². The number of halogens is 2. The molecule has 1 aromatic carbocycles. The summed E-state index contributed by atoms with van der Waals surface area (Å²) in [5.41, 5.74) is 1.05. The first-order valence-electron chi connectivity index (χ1n) is 7.54. The largest absolute Gasteiger partial charge is 0.311 e. The van der Waals surface area contributed by atoms with Gasteiger partial charge in [-0.25, -0.2) is 4.39 Å². The monoisotopic (exact) mass is 342 g/mol. The van der Waals surface area contributed by atoms with Gasteiger partial charge in [-0.3, -0.25) is 4.90 Å². The molecule has 1 heterocycles. The third kappa shape index (κ3) is 4.27. The maximum Gasteiger partial charge on any atom is 0.124 e. The highest BCUT2D eigenvalue weighted by Crippen LogP contribution is 2.20. The Morgan fingerprint density at radius 2 is 2.15 bits per heavy atom. The molecule has 1 fully saturated rings. The molecule has 4 heteroatoms. The molecule has 2 nitrogen and oxygen atoms in total. The summed E-state index contributed by atoms with van der Waals surface area (Å²) in [4.78, 5) is 2.51. The number of benzene rings is 1. The molecule has 0 aromatic heterocycles. The fraction of sp³-hybridized carbons (Fsp3) is 0.625. The molecule has 0 bridgehead atoms. The molecule has 0 amide bonds. The third-order valence-electron chi connectivity index (χ3n) is 4.04. The number of nitrogens with zero attached hydrogens (tertiary/aromatic N) is 1. The lowest BCUT2D eigenvalue weighted by atomic mass is 10.0. The number of rotatable bonds is 5. The normalized spacial score (nSPS) is 24.0. The van der Waals surface area contributed by atoms with Gasteiger partial charge in [0.15, 0.2) is 0 Å². The molecule has 0 spiro atoms. The Labute approximate surface area is 129 Å². The van der Waals surface area contributed by atoms with Crippen molar-refractivity contribution in [1.82, 2.24) is 10.2 Å². The minimum atomic E-state index is -0.163. The lowest BCUT2D eigenvalue weighted by Gasteiger charge is -2.40. The summed E-state index contributed by atoms with van der Waals surface area (Å²) in [5, 5.41) is 3.62. The average molecular weight is 343 g/mol. The molecular formula is C16H24BrFN2. The van der Waals surface area contributed by atoms with Crippen molar-refractivity contribution in [2.45, 2.75) is 51.7 Å². The summed E-state index contributed by atoms with van der Waals surface area (Å²) < 4.78 is 14.3. The van der Waals surface area contributed by atoms with E-state index in [1.165, 1.54) is 18.9 Å². The minimum absolute atomic E-state index is 0.163. The summed E-state index contributed by atoms with van der Waals surface area (Å²) in [6.45, 7) is 7.37. The van der Waals surface area contributed by atoms with Crippen LogP contribution >= 0.6 is 15.9 Å². The maximum atomic E-state index is 13.5. The van der Waals surface area contributed by atoms with Crippen LogP contribution in [-0.4, -0.2) is 30.1 Å². The molecule has 1 N–H and O–H groups in total. The van der Waals surface area contributed by atoms with Gasteiger partial charge in [0.1, 0.15) is 5.82 Å². The predicted octanol–water partition coefficient (Wildman–Crippen LogP) is 3.94. The molecule has 2 atom stereocenters. The Morgan fingerprint density at radius 3 is 2.80 bits per heavy atom. The van der Waals surface area contributed by atoms with E-state index in [4.69, 9.17) is 0 Å². The van der Waals surface area contributed by atoms with Gasteiger partial charge in [-0.1, -0.05) is 36.2 Å². The maximum absolute atomic E-state index is 13.5. The zero-order chi connectivity index (χ0) is 14.5. The van der Waals surface area contributed by atoms with Crippen molar-refractivity contribution in [2.75, 3.05) is 13.1 Å². The van der Waals surface area contributed by atoms with Crippen LogP contribution in [0.1, 0.15) is 38.7 Å². The highest BCUT2D eigenvalue weighted by atomic mass is 79.9. The molecular weight excluding hydrogens is 319 g/mol. The van der Waals surface area contributed by atoms with E-state index in [1.54, 1.807) is 6.07 Å². The van der Waals surface area contributed by atoms with E-state index in [0.717, 1.165) is 36.1 Å². The quantitative estimate of drug-likeness (QED) is 0.871. The summed E-state index contributed by atoms with van der Waals surface area (Å²) >= 11 is 3.38. The van der Waals surface area contributed by atoms with Crippen LogP contribution in [-0.2, 0) is 6.54 Å². The number of nitrogens with one attached hydrogen (secondary N) is 1. The summed E-state index contributed by atoms with van der Waals surface area (Å²) in [5.74, 6) is -0.163. The lowest BCUT2D eigenvalue weighted by molar-refractivity contribution is 0.113. The van der Waals surface area contributed by atoms with Crippen LogP contribution in [0.4, 0.5) is 4.39 Å². The average Bonchev–Trinajstić information content (AvgIpc) is 2.40. The smallest absolute Gasteiger partial charge is 0.124 e. The summed E-state index contributed by atoms with van der Waals surface area (Å²) in [6, 6.07) is 6.30. The Balaban J connectivity index is 2.09. The van der Waals surface area contributed by atoms with Crippen molar-refractivity contribution < 1.29 is 4.39 Å². The number of hydrogen-bond donors (Lipinski definition) is 1. The molecule has 1 saturated heterocycles. The van der Waals surface area contributed by atoms with Crippen molar-refractivity contribution in [3.63, 3.8) is 0 Å². The minimum Gasteiger partial charge on any atom is -0.311 e. The standard InChI is InChI=1S/C16H24BrFN2/c1-3-5-16-9-19-15(4-2)11-20(16)10-12-6-13(17)8-14(18)7-12/h6-8,15-16,19H,3-5,9-11H2,1-2H3. The van der Waals surface area contributed by atoms with E-state index >= 15 is 0 Å². The van der Waals surface area contributed by atoms with Crippen molar-refractivity contribution in [3.8, 4) is 0 Å². The second-order valence-electron chi connectivity index (χ2n) is 5.66. The van der Waals surface area contributed by atoms with Gasteiger partial charge in [0.2, 0.25) is 0 Å². The zero-order valence-corrected chi connectivity index (χ0v) is 13.9. The Morgan fingerprint density at radius 1 is 1.35 bits per heavy atom. The first-order chi connectivity index (χ1) is 9.62. The second-order valence-corrected chi connectivity index (χ2v) is 6.58. The fourth-order valence-corrected chi connectivity index (χ4v) is 3.46. The van der Waals surface area contributed by atoms with Crippen molar-refractivity contribution in [2.24, 2.45) is 0 Å². The highest BCUT2D eigenvalue weighted by Gasteiger charge is 2.26. The molecule has 20 heavy (non-hydrogen) atoms. The van der Waals surface area contributed by atoms with Gasteiger partial charge >= 0.3 is 0 Å². The Kier molecular flexibility index (Phi) is 6.00. The van der Waals surface area contributed by atoms with E-state index in [2.05, 4.69) is 40.0 Å². The van der Waals surface area contributed by atoms with Gasteiger partial charge in [-0.15, -0.1) is 0 Å². The fourth-order valence-electron chi connectivity index (χ4n) is 2.95. The number of hydrogen-bond acceptors (Lipinski definition) is 2. The molecule has 1 aliphatic heterocycles. The van der Waals surface area contributed by atoms with Gasteiger partial charge < -0.3 is 5.32 Å². The molecule has 2 rings (SSSR count). The Bertz CT molecular complexity index is 418. The first kappa shape index (κ1) is 15.9. The second kappa shape index (κ2) is 7.53. The van der Waals surface area contributed by atoms with Crippen LogP contribution in [0.5, 0.6) is 0 Å². The molecule has 1 aliphatic rings. The van der Waals surface area contributed by atoms with Crippen LogP contribution in [0.15, 0.2) is 22.7 Å². The molecule has 0 aliphatic carbocycles. The summed E-state index contributed by atoms with van der Waals surface area (Å²) in [6.07, 6.45) is 3.52. The number of piperazine rings is 1. The zero-order valence-electron chi connectivity index (χ0n) is 12.3. The van der Waals surface area contributed by atoms with Crippen LogP contribution in [0.3, 0.4) is 0 Å². The summed E-state index contributed by atoms with van der Waals surface area (Å²) in [7, 11) is 0. The molecule has 0 radical (unpaired) electrons. The Hall–Kier alpha value is -0.450. The molecule has 2 unspecified atom stereocenters. The lowest BCUT2D eigenvalue weighted by Crippen LogP contribution is -2.55. The van der Waals surface area contributed by atoms with E-state index in [0.29, 0.717) is 12.1 Å². The van der Waals surface area contributed by atoms with Crippen molar-refractivity contribution in [3.05, 3.63) is 34.1 Å². The van der Waals surface area contributed by atoms with Gasteiger partial charge in [0, 0.05) is 36.2 Å². The molecule has 0 saturated carbocycles. The first-order valence-corrected chi connectivity index (χ1v) is 8.34. The van der Waals surface area contributed by atoms with Gasteiger partial charge in [0.05, 0.1) is 0 Å². The molecule has 112 valence electrons. The van der Waals surface area contributed by atoms with Crippen molar-refractivity contribution >= 4 is 15.9 Å². The van der Waals surface area contributed by atoms with Crippen LogP contribution in [0.25, 0.3) is 0 Å². The SMILES string of the molecule is CCCC1CNC(CC)CN1Cc1cc(F)cc(Br)c1. The third-order valence-corrected chi connectivity index (χ3v) is 4.49. The van der Waals surface area contributed by atoms with Gasteiger partial charge in [-0.05, 0) is 36.6 Å². The van der Waals surface area contributed by atoms with E-state index in [1.807, 2.05) is 6.07 Å². The van der Waals surface area contributed by atoms with Gasteiger partial charge in [-0.2, -0.15) is 0 Å². The molecule has 1 aromatic rings.